The smallest absolute Gasteiger partial charge is 0.251 e. The summed E-state index contributed by atoms with van der Waals surface area (Å²) in [5.74, 6) is -3.44. The Labute approximate surface area is 194 Å². The van der Waals surface area contributed by atoms with Gasteiger partial charge in [-0.15, -0.1) is 0 Å². The number of carbonyl (C=O) groups is 1. The maximum Gasteiger partial charge on any atom is 0.251 e. The molecule has 2 heterocycles. The van der Waals surface area contributed by atoms with E-state index in [1.165, 1.54) is 30.5 Å². The third kappa shape index (κ3) is 5.23. The molecule has 1 saturated heterocycles. The average molecular weight is 496 g/mol. The highest BCUT2D eigenvalue weighted by Crippen LogP contribution is 2.32. The van der Waals surface area contributed by atoms with E-state index in [4.69, 9.17) is 16.1 Å². The van der Waals surface area contributed by atoms with Gasteiger partial charge in [0.05, 0.1) is 11.1 Å². The number of hydrogen-bond donors (Lipinski definition) is 1. The molecular weight excluding hydrogens is 476 g/mol. The van der Waals surface area contributed by atoms with Gasteiger partial charge in [-0.2, -0.15) is 4.31 Å². The van der Waals surface area contributed by atoms with Crippen LogP contribution in [0.4, 0.5) is 8.78 Å². The third-order valence-electron chi connectivity index (χ3n) is 5.37. The van der Waals surface area contributed by atoms with Gasteiger partial charge in [-0.05, 0) is 29.8 Å². The predicted octanol–water partition coefficient (Wildman–Crippen LogP) is 4.10. The molecule has 1 fully saturated rings. The van der Waals surface area contributed by atoms with Gasteiger partial charge in [0, 0.05) is 42.6 Å². The summed E-state index contributed by atoms with van der Waals surface area (Å²) in [6.45, 7) is -0.515. The first-order chi connectivity index (χ1) is 15.7. The Morgan fingerprint density at radius 2 is 1.82 bits per heavy atom. The fraction of sp³-hybridized carbons (Fsp3) is 0.273. The summed E-state index contributed by atoms with van der Waals surface area (Å²) in [6, 6.07) is 12.1. The second-order valence-corrected chi connectivity index (χ2v) is 10.0. The van der Waals surface area contributed by atoms with Crippen LogP contribution in [-0.4, -0.2) is 42.3 Å². The van der Waals surface area contributed by atoms with Crippen molar-refractivity contribution in [3.05, 3.63) is 71.4 Å². The largest absolute Gasteiger partial charge is 0.356 e. The van der Waals surface area contributed by atoms with E-state index in [1.807, 2.05) is 0 Å². The van der Waals surface area contributed by atoms with Crippen molar-refractivity contribution in [2.24, 2.45) is 0 Å². The Hall–Kier alpha value is -2.82. The molecule has 1 unspecified atom stereocenters. The molecule has 1 atom stereocenters. The molecule has 33 heavy (non-hydrogen) atoms. The maximum absolute atomic E-state index is 14.4. The molecule has 2 aromatic carbocycles. The van der Waals surface area contributed by atoms with E-state index in [0.717, 1.165) is 4.31 Å². The lowest BCUT2D eigenvalue weighted by Crippen LogP contribution is -2.49. The van der Waals surface area contributed by atoms with Crippen LogP contribution in [0, 0.1) is 0 Å². The van der Waals surface area contributed by atoms with E-state index >= 15 is 0 Å². The van der Waals surface area contributed by atoms with Crippen molar-refractivity contribution in [2.75, 3.05) is 6.54 Å². The van der Waals surface area contributed by atoms with Crippen LogP contribution in [0.5, 0.6) is 0 Å². The van der Waals surface area contributed by atoms with Gasteiger partial charge in [0.15, 0.2) is 5.76 Å². The van der Waals surface area contributed by atoms with E-state index in [-0.39, 0.29) is 18.0 Å². The standard InChI is InChI=1S/C22H20ClF2N3O4S/c23-17-5-7-18(8-6-17)33(30,31)28(19-13-22(24,25)10-12-26-21(19)29)14-15-1-3-16(4-2-15)20-9-11-27-32-20/h1-9,11,19H,10,12-14H2,(H,26,29). The Morgan fingerprint density at radius 1 is 1.12 bits per heavy atom. The van der Waals surface area contributed by atoms with Gasteiger partial charge in [0.25, 0.3) is 5.92 Å². The average Bonchev–Trinajstić information content (AvgIpc) is 3.27. The van der Waals surface area contributed by atoms with Crippen LogP contribution < -0.4 is 5.32 Å². The minimum atomic E-state index is -4.32. The highest BCUT2D eigenvalue weighted by Gasteiger charge is 2.45. The first-order valence-corrected chi connectivity index (χ1v) is 11.9. The number of nitrogens with one attached hydrogen (secondary N) is 1. The second kappa shape index (κ2) is 9.20. The molecule has 3 aromatic rings. The molecule has 0 radical (unpaired) electrons. The molecule has 1 N–H and O–H groups in total. The lowest BCUT2D eigenvalue weighted by molar-refractivity contribution is -0.126. The van der Waals surface area contributed by atoms with Crippen LogP contribution in [0.15, 0.2) is 70.2 Å². The Morgan fingerprint density at radius 3 is 2.45 bits per heavy atom. The molecule has 1 aliphatic heterocycles. The molecule has 174 valence electrons. The molecule has 0 spiro atoms. The molecule has 7 nitrogen and oxygen atoms in total. The molecule has 1 amide bonds. The van der Waals surface area contributed by atoms with Crippen molar-refractivity contribution in [2.45, 2.75) is 36.2 Å². The topological polar surface area (TPSA) is 92.5 Å². The fourth-order valence-corrected chi connectivity index (χ4v) is 5.32. The number of carbonyl (C=O) groups excluding carboxylic acids is 1. The van der Waals surface area contributed by atoms with Crippen LogP contribution in [0.2, 0.25) is 5.02 Å². The molecule has 1 aliphatic rings. The van der Waals surface area contributed by atoms with Crippen molar-refractivity contribution >= 4 is 27.5 Å². The quantitative estimate of drug-likeness (QED) is 0.556. The molecule has 1 aromatic heterocycles. The third-order valence-corrected chi connectivity index (χ3v) is 7.49. The summed E-state index contributed by atoms with van der Waals surface area (Å²) < 4.78 is 61.7. The summed E-state index contributed by atoms with van der Waals surface area (Å²) >= 11 is 5.88. The van der Waals surface area contributed by atoms with Crippen molar-refractivity contribution in [1.29, 1.82) is 0 Å². The van der Waals surface area contributed by atoms with Gasteiger partial charge in [-0.1, -0.05) is 41.0 Å². The highest BCUT2D eigenvalue weighted by molar-refractivity contribution is 7.89. The van der Waals surface area contributed by atoms with Crippen LogP contribution in [0.25, 0.3) is 11.3 Å². The maximum atomic E-state index is 14.4. The SMILES string of the molecule is O=C1NCCC(F)(F)CC1N(Cc1ccc(-c2ccno2)cc1)S(=O)(=O)c1ccc(Cl)cc1. The van der Waals surface area contributed by atoms with E-state index < -0.39 is 40.7 Å². The van der Waals surface area contributed by atoms with E-state index in [9.17, 15) is 22.0 Å². The first-order valence-electron chi connectivity index (χ1n) is 10.1. The van der Waals surface area contributed by atoms with Gasteiger partial charge < -0.3 is 9.84 Å². The van der Waals surface area contributed by atoms with E-state index in [1.54, 1.807) is 30.3 Å². The lowest BCUT2D eigenvalue weighted by Gasteiger charge is -2.30. The van der Waals surface area contributed by atoms with Gasteiger partial charge in [-0.25, -0.2) is 17.2 Å². The second-order valence-electron chi connectivity index (χ2n) is 7.69. The highest BCUT2D eigenvalue weighted by atomic mass is 35.5. The summed E-state index contributed by atoms with van der Waals surface area (Å²) in [7, 11) is -4.32. The normalized spacial score (nSPS) is 18.7. The summed E-state index contributed by atoms with van der Waals surface area (Å²) in [6.07, 6.45) is 0.0201. The number of aromatic nitrogens is 1. The fourth-order valence-electron chi connectivity index (χ4n) is 3.62. The summed E-state index contributed by atoms with van der Waals surface area (Å²) in [5, 5.41) is 6.38. The van der Waals surface area contributed by atoms with Crippen LogP contribution >= 0.6 is 11.6 Å². The van der Waals surface area contributed by atoms with Crippen LogP contribution in [-0.2, 0) is 21.4 Å². The number of hydrogen-bond acceptors (Lipinski definition) is 5. The molecule has 0 saturated carbocycles. The van der Waals surface area contributed by atoms with Gasteiger partial charge in [-0.3, -0.25) is 4.79 Å². The molecule has 11 heteroatoms. The summed E-state index contributed by atoms with van der Waals surface area (Å²) in [4.78, 5) is 12.5. The number of sulfonamides is 1. The minimum Gasteiger partial charge on any atom is -0.356 e. The molecular formula is C22H20ClF2N3O4S. The van der Waals surface area contributed by atoms with Gasteiger partial charge in [0.2, 0.25) is 15.9 Å². The van der Waals surface area contributed by atoms with Crippen molar-refractivity contribution in [3.8, 4) is 11.3 Å². The molecule has 4 rings (SSSR count). The number of halogens is 3. The number of amides is 1. The zero-order valence-corrected chi connectivity index (χ0v) is 18.8. The molecule has 0 bridgehead atoms. The van der Waals surface area contributed by atoms with Gasteiger partial charge >= 0.3 is 0 Å². The predicted molar refractivity (Wildman–Crippen MR) is 117 cm³/mol. The summed E-state index contributed by atoms with van der Waals surface area (Å²) in [5.41, 5.74) is 1.22. The number of nitrogens with zero attached hydrogens (tertiary/aromatic N) is 2. The Balaban J connectivity index is 1.72. The van der Waals surface area contributed by atoms with Crippen molar-refractivity contribution in [3.63, 3.8) is 0 Å². The van der Waals surface area contributed by atoms with Crippen LogP contribution in [0.3, 0.4) is 0 Å². The van der Waals surface area contributed by atoms with Crippen molar-refractivity contribution < 1.29 is 26.5 Å². The Bertz CT molecular complexity index is 1220. The lowest BCUT2D eigenvalue weighted by atomic mass is 10.1. The minimum absolute atomic E-state index is 0.148. The number of rotatable bonds is 6. The number of alkyl halides is 2. The van der Waals surface area contributed by atoms with Gasteiger partial charge in [0.1, 0.15) is 6.04 Å². The zero-order valence-electron chi connectivity index (χ0n) is 17.2. The van der Waals surface area contributed by atoms with Crippen molar-refractivity contribution in [1.82, 2.24) is 14.8 Å². The molecule has 0 aliphatic carbocycles. The van der Waals surface area contributed by atoms with E-state index in [0.29, 0.717) is 21.9 Å². The zero-order chi connectivity index (χ0) is 23.6. The Kier molecular flexibility index (Phi) is 6.51. The first kappa shape index (κ1) is 23.3. The number of benzene rings is 2. The monoisotopic (exact) mass is 495 g/mol. The van der Waals surface area contributed by atoms with E-state index in [2.05, 4.69) is 10.5 Å². The van der Waals surface area contributed by atoms with Crippen LogP contribution in [0.1, 0.15) is 18.4 Å².